The summed E-state index contributed by atoms with van der Waals surface area (Å²) >= 11 is 4.96. The van der Waals surface area contributed by atoms with Gasteiger partial charge in [-0.3, -0.25) is 4.79 Å². The minimum atomic E-state index is -0.517. The van der Waals surface area contributed by atoms with Crippen molar-refractivity contribution in [3.8, 4) is 5.75 Å². The molecule has 2 unspecified atom stereocenters. The van der Waals surface area contributed by atoms with Crippen LogP contribution < -0.4 is 16.2 Å². The SMILES string of the molecule is CC(N)C(Oc1ccccc1C(N)=O)c1cc(Br)cs1. The number of carbonyl (C=O) groups excluding carboxylic acids is 1. The predicted molar refractivity (Wildman–Crippen MR) is 84.0 cm³/mol. The molecule has 1 heterocycles. The van der Waals surface area contributed by atoms with Crippen LogP contribution in [0.3, 0.4) is 0 Å². The van der Waals surface area contributed by atoms with E-state index >= 15 is 0 Å². The van der Waals surface area contributed by atoms with Crippen molar-refractivity contribution in [1.82, 2.24) is 0 Å². The number of nitrogens with two attached hydrogens (primary N) is 2. The van der Waals surface area contributed by atoms with Crippen molar-refractivity contribution in [2.75, 3.05) is 0 Å². The van der Waals surface area contributed by atoms with Crippen LogP contribution in [-0.4, -0.2) is 11.9 Å². The predicted octanol–water partition coefficient (Wildman–Crippen LogP) is 3.08. The number of primary amides is 1. The van der Waals surface area contributed by atoms with E-state index in [9.17, 15) is 4.79 Å². The summed E-state index contributed by atoms with van der Waals surface area (Å²) in [5.41, 5.74) is 11.7. The van der Waals surface area contributed by atoms with E-state index in [0.29, 0.717) is 11.3 Å². The number of ether oxygens (including phenoxy) is 1. The smallest absolute Gasteiger partial charge is 0.252 e. The molecule has 1 amide bonds. The van der Waals surface area contributed by atoms with Crippen LogP contribution in [0.1, 0.15) is 28.3 Å². The van der Waals surface area contributed by atoms with Crippen LogP contribution in [-0.2, 0) is 0 Å². The number of para-hydroxylation sites is 1. The maximum absolute atomic E-state index is 11.4. The molecule has 4 N–H and O–H groups in total. The second kappa shape index (κ2) is 6.39. The summed E-state index contributed by atoms with van der Waals surface area (Å²) in [5.74, 6) is -0.0665. The molecule has 0 spiro atoms. The lowest BCUT2D eigenvalue weighted by Gasteiger charge is -2.22. The first kappa shape index (κ1) is 15.0. The Labute approximate surface area is 129 Å². The Kier molecular flexibility index (Phi) is 4.80. The largest absolute Gasteiger partial charge is 0.482 e. The van der Waals surface area contributed by atoms with Crippen molar-refractivity contribution in [1.29, 1.82) is 0 Å². The number of thiophene rings is 1. The zero-order valence-corrected chi connectivity index (χ0v) is 13.3. The lowest BCUT2D eigenvalue weighted by molar-refractivity contribution is 0.0991. The third-order valence-electron chi connectivity index (χ3n) is 2.75. The molecule has 0 fully saturated rings. The van der Waals surface area contributed by atoms with Gasteiger partial charge in [-0.25, -0.2) is 0 Å². The van der Waals surface area contributed by atoms with Gasteiger partial charge in [0.25, 0.3) is 5.91 Å². The molecule has 0 aliphatic rings. The fourth-order valence-electron chi connectivity index (χ4n) is 1.81. The molecule has 0 radical (unpaired) electrons. The third-order valence-corrected chi connectivity index (χ3v) is 4.51. The molecule has 0 bridgehead atoms. The van der Waals surface area contributed by atoms with E-state index in [1.165, 1.54) is 0 Å². The number of hydrogen-bond donors (Lipinski definition) is 2. The number of hydrogen-bond acceptors (Lipinski definition) is 4. The van der Waals surface area contributed by atoms with Crippen LogP contribution in [0.25, 0.3) is 0 Å². The highest BCUT2D eigenvalue weighted by atomic mass is 79.9. The second-order valence-corrected chi connectivity index (χ2v) is 6.28. The van der Waals surface area contributed by atoms with Crippen molar-refractivity contribution in [3.63, 3.8) is 0 Å². The van der Waals surface area contributed by atoms with Gasteiger partial charge >= 0.3 is 0 Å². The fraction of sp³-hybridized carbons (Fsp3) is 0.214. The minimum Gasteiger partial charge on any atom is -0.482 e. The molecule has 1 aromatic heterocycles. The topological polar surface area (TPSA) is 78.3 Å². The van der Waals surface area contributed by atoms with Crippen molar-refractivity contribution in [2.45, 2.75) is 19.1 Å². The van der Waals surface area contributed by atoms with Crippen LogP contribution in [0.2, 0.25) is 0 Å². The van der Waals surface area contributed by atoms with E-state index in [-0.39, 0.29) is 12.1 Å². The molecule has 4 nitrogen and oxygen atoms in total. The average Bonchev–Trinajstić information content (AvgIpc) is 2.82. The van der Waals surface area contributed by atoms with Gasteiger partial charge < -0.3 is 16.2 Å². The van der Waals surface area contributed by atoms with Crippen molar-refractivity contribution in [3.05, 3.63) is 50.6 Å². The summed E-state index contributed by atoms with van der Waals surface area (Å²) in [7, 11) is 0. The van der Waals surface area contributed by atoms with E-state index in [0.717, 1.165) is 9.35 Å². The monoisotopic (exact) mass is 354 g/mol. The van der Waals surface area contributed by atoms with Crippen LogP contribution in [0.5, 0.6) is 5.75 Å². The van der Waals surface area contributed by atoms with E-state index < -0.39 is 5.91 Å². The maximum Gasteiger partial charge on any atom is 0.252 e. The maximum atomic E-state index is 11.4. The number of benzene rings is 1. The van der Waals surface area contributed by atoms with Gasteiger partial charge in [0.05, 0.1) is 5.56 Å². The first-order valence-corrected chi connectivity index (χ1v) is 7.71. The zero-order chi connectivity index (χ0) is 14.7. The molecule has 1 aromatic carbocycles. The highest BCUT2D eigenvalue weighted by molar-refractivity contribution is 9.10. The van der Waals surface area contributed by atoms with E-state index in [2.05, 4.69) is 15.9 Å². The Morgan fingerprint density at radius 1 is 1.40 bits per heavy atom. The molecule has 0 aliphatic carbocycles. The molecular weight excluding hydrogens is 340 g/mol. The number of amides is 1. The number of carbonyl (C=O) groups is 1. The summed E-state index contributed by atoms with van der Waals surface area (Å²) in [6.45, 7) is 1.87. The van der Waals surface area contributed by atoms with E-state index in [4.69, 9.17) is 16.2 Å². The Morgan fingerprint density at radius 3 is 2.65 bits per heavy atom. The standard InChI is InChI=1S/C14H15BrN2O2S/c1-8(16)13(12-6-9(15)7-20-12)19-11-5-3-2-4-10(11)14(17)18/h2-8,13H,16H2,1H3,(H2,17,18). The quantitative estimate of drug-likeness (QED) is 0.865. The van der Waals surface area contributed by atoms with Gasteiger partial charge in [0, 0.05) is 20.8 Å². The molecule has 2 aromatic rings. The van der Waals surface area contributed by atoms with Gasteiger partial charge in [-0.15, -0.1) is 11.3 Å². The van der Waals surface area contributed by atoms with Crippen LogP contribution in [0, 0.1) is 0 Å². The molecular formula is C14H15BrN2O2S. The third kappa shape index (κ3) is 3.39. The van der Waals surface area contributed by atoms with Gasteiger partial charge in [-0.05, 0) is 41.1 Å². The molecule has 2 atom stereocenters. The van der Waals surface area contributed by atoms with Gasteiger partial charge in [0.15, 0.2) is 0 Å². The Hall–Kier alpha value is -1.37. The Morgan fingerprint density at radius 2 is 2.10 bits per heavy atom. The Balaban J connectivity index is 2.32. The van der Waals surface area contributed by atoms with Gasteiger partial charge in [-0.2, -0.15) is 0 Å². The van der Waals surface area contributed by atoms with E-state index in [1.807, 2.05) is 18.4 Å². The Bertz CT molecular complexity index is 613. The van der Waals surface area contributed by atoms with Gasteiger partial charge in [0.2, 0.25) is 0 Å². The first-order chi connectivity index (χ1) is 9.49. The first-order valence-electron chi connectivity index (χ1n) is 6.04. The molecule has 0 saturated heterocycles. The normalized spacial score (nSPS) is 13.8. The molecule has 2 rings (SSSR count). The highest BCUT2D eigenvalue weighted by Gasteiger charge is 2.22. The minimum absolute atomic E-state index is 0.221. The lowest BCUT2D eigenvalue weighted by atomic mass is 10.1. The molecule has 20 heavy (non-hydrogen) atoms. The summed E-state index contributed by atoms with van der Waals surface area (Å²) in [5, 5.41) is 1.97. The average molecular weight is 355 g/mol. The van der Waals surface area contributed by atoms with Crippen LogP contribution in [0.15, 0.2) is 40.2 Å². The van der Waals surface area contributed by atoms with Crippen molar-refractivity contribution in [2.24, 2.45) is 11.5 Å². The fourth-order valence-corrected chi connectivity index (χ4v) is 3.40. The van der Waals surface area contributed by atoms with Crippen molar-refractivity contribution < 1.29 is 9.53 Å². The number of halogens is 1. The van der Waals surface area contributed by atoms with Crippen molar-refractivity contribution >= 4 is 33.2 Å². The lowest BCUT2D eigenvalue weighted by Crippen LogP contribution is -2.29. The molecule has 0 aliphatic heterocycles. The zero-order valence-electron chi connectivity index (χ0n) is 10.9. The molecule has 6 heteroatoms. The van der Waals surface area contributed by atoms with E-state index in [1.54, 1.807) is 35.6 Å². The van der Waals surface area contributed by atoms with Gasteiger partial charge in [-0.1, -0.05) is 12.1 Å². The highest BCUT2D eigenvalue weighted by Crippen LogP contribution is 2.32. The van der Waals surface area contributed by atoms with Crippen LogP contribution >= 0.6 is 27.3 Å². The second-order valence-electron chi connectivity index (χ2n) is 4.43. The molecule has 0 saturated carbocycles. The van der Waals surface area contributed by atoms with Crippen LogP contribution in [0.4, 0.5) is 0 Å². The summed E-state index contributed by atoms with van der Waals surface area (Å²) in [4.78, 5) is 12.4. The summed E-state index contributed by atoms with van der Waals surface area (Å²) < 4.78 is 6.91. The number of rotatable bonds is 5. The summed E-state index contributed by atoms with van der Waals surface area (Å²) in [6.07, 6.45) is -0.327. The summed E-state index contributed by atoms with van der Waals surface area (Å²) in [6, 6.07) is 8.64. The molecule has 106 valence electrons. The van der Waals surface area contributed by atoms with Gasteiger partial charge in [0.1, 0.15) is 11.9 Å².